The molecule has 1 amide bonds. The number of nitrogens with zero attached hydrogens (tertiary/aromatic N) is 1. The quantitative estimate of drug-likeness (QED) is 0.889. The van der Waals surface area contributed by atoms with E-state index in [2.05, 4.69) is 10.2 Å². The highest BCUT2D eigenvalue weighted by atomic mass is 16.3. The first-order valence-electron chi connectivity index (χ1n) is 8.45. The second kappa shape index (κ2) is 7.60. The summed E-state index contributed by atoms with van der Waals surface area (Å²) < 4.78 is 0. The Hall–Kier alpha value is -2.17. The molecule has 3 rings (SSSR count). The number of rotatable bonds is 5. The highest BCUT2D eigenvalue weighted by Crippen LogP contribution is 2.29. The first-order valence-corrected chi connectivity index (χ1v) is 8.45. The molecule has 2 unspecified atom stereocenters. The van der Waals surface area contributed by atoms with Crippen molar-refractivity contribution in [3.63, 3.8) is 0 Å². The molecule has 0 aromatic heterocycles. The van der Waals surface area contributed by atoms with Crippen molar-refractivity contribution in [2.45, 2.75) is 19.4 Å². The van der Waals surface area contributed by atoms with Gasteiger partial charge in [-0.15, -0.1) is 0 Å². The fourth-order valence-electron chi connectivity index (χ4n) is 3.26. The molecule has 2 aromatic rings. The minimum absolute atomic E-state index is 0.0244. The number of anilines is 1. The van der Waals surface area contributed by atoms with E-state index in [0.29, 0.717) is 0 Å². The zero-order chi connectivity index (χ0) is 16.9. The molecule has 0 aliphatic carbocycles. The Labute approximate surface area is 143 Å². The Bertz CT molecular complexity index is 670. The van der Waals surface area contributed by atoms with Crippen LogP contribution in [0.5, 0.6) is 0 Å². The second-order valence-electron chi connectivity index (χ2n) is 6.50. The number of amides is 1. The summed E-state index contributed by atoms with van der Waals surface area (Å²) in [5.41, 5.74) is 2.96. The molecule has 2 N–H and O–H groups in total. The molecular formula is C20H24N2O2. The summed E-state index contributed by atoms with van der Waals surface area (Å²) in [6.45, 7) is 3.78. The molecule has 24 heavy (non-hydrogen) atoms. The predicted molar refractivity (Wildman–Crippen MR) is 95.8 cm³/mol. The van der Waals surface area contributed by atoms with Crippen LogP contribution in [0.25, 0.3) is 0 Å². The monoisotopic (exact) mass is 324 g/mol. The van der Waals surface area contributed by atoms with E-state index < -0.39 is 0 Å². The van der Waals surface area contributed by atoms with Gasteiger partial charge in [0.15, 0.2) is 0 Å². The Morgan fingerprint density at radius 2 is 1.92 bits per heavy atom. The van der Waals surface area contributed by atoms with Crippen LogP contribution in [0.2, 0.25) is 0 Å². The van der Waals surface area contributed by atoms with Crippen molar-refractivity contribution in [1.29, 1.82) is 0 Å². The molecule has 4 heteroatoms. The van der Waals surface area contributed by atoms with E-state index in [9.17, 15) is 9.90 Å². The molecule has 1 heterocycles. The van der Waals surface area contributed by atoms with Gasteiger partial charge < -0.3 is 10.4 Å². The van der Waals surface area contributed by atoms with Gasteiger partial charge in [-0.05, 0) is 43.5 Å². The average Bonchev–Trinajstić information content (AvgIpc) is 3.07. The molecule has 0 spiro atoms. The number of aryl methyl sites for hydroxylation is 1. The Kier molecular flexibility index (Phi) is 5.28. The molecule has 0 radical (unpaired) electrons. The lowest BCUT2D eigenvalue weighted by molar-refractivity contribution is -0.121. The number of carbonyl (C=O) groups is 1. The topological polar surface area (TPSA) is 52.6 Å². The third kappa shape index (κ3) is 3.83. The van der Waals surface area contributed by atoms with E-state index in [4.69, 9.17) is 0 Å². The summed E-state index contributed by atoms with van der Waals surface area (Å²) in [5, 5.41) is 12.4. The number of aliphatic hydroxyl groups excluding tert-OH is 1. The lowest BCUT2D eigenvalue weighted by atomic mass is 10.0. The van der Waals surface area contributed by atoms with Gasteiger partial charge in [-0.25, -0.2) is 0 Å². The zero-order valence-electron chi connectivity index (χ0n) is 14.0. The van der Waals surface area contributed by atoms with Crippen molar-refractivity contribution in [2.24, 2.45) is 5.92 Å². The van der Waals surface area contributed by atoms with Gasteiger partial charge in [0.05, 0.1) is 0 Å². The normalized spacial score (nSPS) is 19.2. The Morgan fingerprint density at radius 1 is 1.21 bits per heavy atom. The number of nitrogens with one attached hydrogen (secondary N) is 1. The maximum atomic E-state index is 13.0. The summed E-state index contributed by atoms with van der Waals surface area (Å²) in [6, 6.07) is 17.4. The second-order valence-corrected chi connectivity index (χ2v) is 6.50. The molecule has 2 atom stereocenters. The van der Waals surface area contributed by atoms with Crippen LogP contribution in [0.1, 0.15) is 23.6 Å². The van der Waals surface area contributed by atoms with Gasteiger partial charge in [0.1, 0.15) is 6.04 Å². The van der Waals surface area contributed by atoms with E-state index in [1.807, 2.05) is 61.5 Å². The SMILES string of the molecule is Cc1ccc(NC(=O)C(c2ccccc2)N2CCC(CO)C2)cc1. The molecule has 1 saturated heterocycles. The molecule has 126 valence electrons. The van der Waals surface area contributed by atoms with Crippen molar-refractivity contribution in [3.05, 3.63) is 65.7 Å². The third-order valence-corrected chi connectivity index (χ3v) is 4.62. The van der Waals surface area contributed by atoms with Crippen LogP contribution in [0.4, 0.5) is 5.69 Å². The molecule has 2 aromatic carbocycles. The summed E-state index contributed by atoms with van der Waals surface area (Å²) in [7, 11) is 0. The maximum Gasteiger partial charge on any atom is 0.246 e. The van der Waals surface area contributed by atoms with Crippen molar-refractivity contribution < 1.29 is 9.90 Å². The van der Waals surface area contributed by atoms with E-state index in [0.717, 1.165) is 36.3 Å². The minimum atomic E-state index is -0.330. The molecule has 1 aliphatic heterocycles. The third-order valence-electron chi connectivity index (χ3n) is 4.62. The number of carbonyl (C=O) groups excluding carboxylic acids is 1. The van der Waals surface area contributed by atoms with Crippen LogP contribution >= 0.6 is 0 Å². The molecule has 4 nitrogen and oxygen atoms in total. The van der Waals surface area contributed by atoms with Gasteiger partial charge in [0.25, 0.3) is 0 Å². The van der Waals surface area contributed by atoms with Crippen LogP contribution in [0.15, 0.2) is 54.6 Å². The average molecular weight is 324 g/mol. The lowest BCUT2D eigenvalue weighted by Crippen LogP contribution is -2.36. The summed E-state index contributed by atoms with van der Waals surface area (Å²) >= 11 is 0. The van der Waals surface area contributed by atoms with Gasteiger partial charge in [0, 0.05) is 18.8 Å². The molecule has 1 fully saturated rings. The van der Waals surface area contributed by atoms with Gasteiger partial charge in [-0.1, -0.05) is 48.0 Å². The van der Waals surface area contributed by atoms with Crippen molar-refractivity contribution in [1.82, 2.24) is 4.90 Å². The van der Waals surface area contributed by atoms with Gasteiger partial charge in [-0.2, -0.15) is 0 Å². The highest BCUT2D eigenvalue weighted by molar-refractivity contribution is 5.95. The van der Waals surface area contributed by atoms with Gasteiger partial charge in [0.2, 0.25) is 5.91 Å². The summed E-state index contributed by atoms with van der Waals surface area (Å²) in [6.07, 6.45) is 0.928. The fourth-order valence-corrected chi connectivity index (χ4v) is 3.26. The van der Waals surface area contributed by atoms with Crippen LogP contribution < -0.4 is 5.32 Å². The molecule has 0 saturated carbocycles. The van der Waals surface area contributed by atoms with E-state index in [-0.39, 0.29) is 24.5 Å². The summed E-state index contributed by atoms with van der Waals surface area (Å²) in [5.74, 6) is 0.229. The van der Waals surface area contributed by atoms with Gasteiger partial charge >= 0.3 is 0 Å². The largest absolute Gasteiger partial charge is 0.396 e. The van der Waals surface area contributed by atoms with Crippen molar-refractivity contribution >= 4 is 11.6 Å². The predicted octanol–water partition coefficient (Wildman–Crippen LogP) is 2.99. The minimum Gasteiger partial charge on any atom is -0.396 e. The van der Waals surface area contributed by atoms with Gasteiger partial charge in [-0.3, -0.25) is 9.69 Å². The van der Waals surface area contributed by atoms with Crippen molar-refractivity contribution in [3.8, 4) is 0 Å². The van der Waals surface area contributed by atoms with Crippen LogP contribution in [-0.2, 0) is 4.79 Å². The number of hydrogen-bond donors (Lipinski definition) is 2. The summed E-state index contributed by atoms with van der Waals surface area (Å²) in [4.78, 5) is 15.1. The Balaban J connectivity index is 1.81. The van der Waals surface area contributed by atoms with Crippen LogP contribution in [0, 0.1) is 12.8 Å². The molecule has 0 bridgehead atoms. The number of likely N-dealkylation sites (tertiary alicyclic amines) is 1. The van der Waals surface area contributed by atoms with E-state index in [1.54, 1.807) is 0 Å². The standard InChI is InChI=1S/C20H24N2O2/c1-15-7-9-18(10-8-15)21-20(24)19(17-5-3-2-4-6-17)22-12-11-16(13-22)14-23/h2-10,16,19,23H,11-14H2,1H3,(H,21,24). The molecular weight excluding hydrogens is 300 g/mol. The van der Waals surface area contributed by atoms with Crippen LogP contribution in [-0.4, -0.2) is 35.6 Å². The number of hydrogen-bond acceptors (Lipinski definition) is 3. The van der Waals surface area contributed by atoms with Crippen LogP contribution in [0.3, 0.4) is 0 Å². The first-order chi connectivity index (χ1) is 11.7. The Morgan fingerprint density at radius 3 is 2.54 bits per heavy atom. The van der Waals surface area contributed by atoms with E-state index in [1.165, 1.54) is 0 Å². The zero-order valence-corrected chi connectivity index (χ0v) is 14.0. The maximum absolute atomic E-state index is 13.0. The highest BCUT2D eigenvalue weighted by Gasteiger charge is 2.33. The van der Waals surface area contributed by atoms with Crippen molar-refractivity contribution in [2.75, 3.05) is 25.0 Å². The van der Waals surface area contributed by atoms with E-state index >= 15 is 0 Å². The lowest BCUT2D eigenvalue weighted by Gasteiger charge is -2.27. The fraction of sp³-hybridized carbons (Fsp3) is 0.350. The number of benzene rings is 2. The smallest absolute Gasteiger partial charge is 0.246 e. The molecule has 1 aliphatic rings. The first kappa shape index (κ1) is 16.7. The number of aliphatic hydroxyl groups is 1.